The third kappa shape index (κ3) is 9.60. The van der Waals surface area contributed by atoms with Crippen LogP contribution in [-0.4, -0.2) is 44.3 Å². The van der Waals surface area contributed by atoms with E-state index in [-0.39, 0.29) is 23.5 Å². The van der Waals surface area contributed by atoms with Crippen molar-refractivity contribution in [2.24, 2.45) is 0 Å². The molecule has 0 aliphatic carbocycles. The number of rotatable bonds is 14. The number of sulfonamides is 1. The van der Waals surface area contributed by atoms with Gasteiger partial charge < -0.3 is 10.2 Å². The van der Waals surface area contributed by atoms with Crippen LogP contribution >= 0.6 is 11.6 Å². The van der Waals surface area contributed by atoms with Gasteiger partial charge in [-0.15, -0.1) is 0 Å². The molecule has 1 atom stereocenters. The van der Waals surface area contributed by atoms with Crippen molar-refractivity contribution in [2.45, 2.75) is 56.8 Å². The molecule has 0 heterocycles. The fourth-order valence-electron chi connectivity index (χ4n) is 5.10. The van der Waals surface area contributed by atoms with Crippen LogP contribution in [0.4, 0.5) is 18.9 Å². The molecule has 0 saturated carbocycles. The number of halogens is 4. The molecule has 0 saturated heterocycles. The lowest BCUT2D eigenvalue weighted by molar-refractivity contribution is -0.140. The summed E-state index contributed by atoms with van der Waals surface area (Å²) in [5, 5.41) is 3.28. The number of anilines is 1. The number of unbranched alkanes of at least 4 members (excludes halogenated alkanes) is 1. The highest BCUT2D eigenvalue weighted by atomic mass is 35.5. The van der Waals surface area contributed by atoms with Crippen LogP contribution in [0.3, 0.4) is 0 Å². The quantitative estimate of drug-likeness (QED) is 0.139. The molecular formula is C36H37ClF3N3O4S. The minimum absolute atomic E-state index is 0.0966. The molecular weight excluding hydrogens is 663 g/mol. The molecule has 0 aliphatic heterocycles. The van der Waals surface area contributed by atoms with E-state index in [9.17, 15) is 31.2 Å². The second-order valence-electron chi connectivity index (χ2n) is 11.4. The zero-order chi connectivity index (χ0) is 34.9. The first-order valence-corrected chi connectivity index (χ1v) is 17.2. The Morgan fingerprint density at radius 2 is 1.54 bits per heavy atom. The van der Waals surface area contributed by atoms with Gasteiger partial charge in [0.2, 0.25) is 11.8 Å². The van der Waals surface area contributed by atoms with Crippen LogP contribution in [0.1, 0.15) is 42.0 Å². The SMILES string of the molecule is CCCCNC(=O)[C@@H](Cc1ccccc1)N(Cc1cccc(Cl)c1)C(=O)CN(c1cccc(C(F)(F)F)c1)S(=O)(=O)c1ccc(C)cc1. The van der Waals surface area contributed by atoms with Crippen LogP contribution < -0.4 is 9.62 Å². The van der Waals surface area contributed by atoms with E-state index in [1.54, 1.807) is 55.5 Å². The van der Waals surface area contributed by atoms with Crippen molar-refractivity contribution in [3.05, 3.63) is 130 Å². The van der Waals surface area contributed by atoms with Crippen molar-refractivity contribution < 1.29 is 31.2 Å². The molecule has 254 valence electrons. The van der Waals surface area contributed by atoms with Crippen molar-refractivity contribution in [2.75, 3.05) is 17.4 Å². The Morgan fingerprint density at radius 3 is 2.19 bits per heavy atom. The largest absolute Gasteiger partial charge is 0.416 e. The van der Waals surface area contributed by atoms with Crippen molar-refractivity contribution in [1.82, 2.24) is 10.2 Å². The maximum absolute atomic E-state index is 14.5. The molecule has 4 rings (SSSR count). The molecule has 0 unspecified atom stereocenters. The van der Waals surface area contributed by atoms with E-state index in [0.29, 0.717) is 33.9 Å². The number of carbonyl (C=O) groups is 2. The van der Waals surface area contributed by atoms with Crippen LogP contribution in [0.25, 0.3) is 0 Å². The summed E-state index contributed by atoms with van der Waals surface area (Å²) < 4.78 is 70.3. The second-order valence-corrected chi connectivity index (χ2v) is 13.7. The number of nitrogens with zero attached hydrogens (tertiary/aromatic N) is 2. The number of alkyl halides is 3. The third-order valence-electron chi connectivity index (χ3n) is 7.69. The molecule has 12 heteroatoms. The lowest BCUT2D eigenvalue weighted by Gasteiger charge is -2.34. The first-order valence-electron chi connectivity index (χ1n) is 15.4. The van der Waals surface area contributed by atoms with Crippen molar-refractivity contribution in [1.29, 1.82) is 0 Å². The number of carbonyl (C=O) groups excluding carboxylic acids is 2. The molecule has 4 aromatic carbocycles. The fourth-order valence-corrected chi connectivity index (χ4v) is 6.71. The summed E-state index contributed by atoms with van der Waals surface area (Å²) in [7, 11) is -4.57. The zero-order valence-electron chi connectivity index (χ0n) is 26.6. The van der Waals surface area contributed by atoms with Gasteiger partial charge in [0.25, 0.3) is 10.0 Å². The van der Waals surface area contributed by atoms with E-state index in [1.165, 1.54) is 23.1 Å². The molecule has 7 nitrogen and oxygen atoms in total. The standard InChI is InChI=1S/C36H37ClF3N3O4S/c1-3-4-20-41-35(45)33(22-27-10-6-5-7-11-27)42(24-28-12-8-14-30(37)21-28)34(44)25-43(31-15-9-13-29(23-31)36(38,39)40)48(46,47)32-18-16-26(2)17-19-32/h5-19,21,23,33H,3-4,20,22,24-25H2,1-2H3,(H,41,45)/t33-/m1/s1. The Morgan fingerprint density at radius 1 is 0.875 bits per heavy atom. The highest BCUT2D eigenvalue weighted by Crippen LogP contribution is 2.33. The van der Waals surface area contributed by atoms with Crippen LogP contribution in [-0.2, 0) is 38.8 Å². The summed E-state index contributed by atoms with van der Waals surface area (Å²) in [6, 6.07) is 24.2. The second kappa shape index (κ2) is 16.2. The number of amides is 2. The highest BCUT2D eigenvalue weighted by molar-refractivity contribution is 7.92. The number of aryl methyl sites for hydroxylation is 1. The fraction of sp³-hybridized carbons (Fsp3) is 0.278. The van der Waals surface area contributed by atoms with Gasteiger partial charge in [-0.2, -0.15) is 13.2 Å². The van der Waals surface area contributed by atoms with Gasteiger partial charge in [-0.25, -0.2) is 8.42 Å². The Bertz CT molecular complexity index is 1800. The predicted octanol–water partition coefficient (Wildman–Crippen LogP) is 7.42. The van der Waals surface area contributed by atoms with Crippen molar-refractivity contribution in [3.8, 4) is 0 Å². The molecule has 0 aromatic heterocycles. The van der Waals surface area contributed by atoms with E-state index < -0.39 is 46.2 Å². The van der Waals surface area contributed by atoms with Gasteiger partial charge in [0, 0.05) is 24.5 Å². The Labute approximate surface area is 284 Å². The lowest BCUT2D eigenvalue weighted by atomic mass is 10.0. The molecule has 2 amide bonds. The Balaban J connectivity index is 1.83. The maximum Gasteiger partial charge on any atom is 0.416 e. The van der Waals surface area contributed by atoms with E-state index >= 15 is 0 Å². The van der Waals surface area contributed by atoms with Crippen molar-refractivity contribution in [3.63, 3.8) is 0 Å². The minimum atomic E-state index is -4.77. The van der Waals surface area contributed by atoms with Gasteiger partial charge in [-0.05, 0) is 66.9 Å². The average Bonchev–Trinajstić information content (AvgIpc) is 3.05. The first kappa shape index (κ1) is 36.5. The predicted molar refractivity (Wildman–Crippen MR) is 181 cm³/mol. The van der Waals surface area contributed by atoms with Gasteiger partial charge >= 0.3 is 6.18 Å². The summed E-state index contributed by atoms with van der Waals surface area (Å²) in [6.07, 6.45) is -3.16. The van der Waals surface area contributed by atoms with E-state index in [0.717, 1.165) is 29.7 Å². The zero-order valence-corrected chi connectivity index (χ0v) is 28.2. The summed E-state index contributed by atoms with van der Waals surface area (Å²) >= 11 is 6.26. The van der Waals surface area contributed by atoms with Gasteiger partial charge in [0.1, 0.15) is 12.6 Å². The molecule has 0 spiro atoms. The molecule has 0 bridgehead atoms. The molecule has 0 radical (unpaired) electrons. The molecule has 0 fully saturated rings. The van der Waals surface area contributed by atoms with Crippen molar-refractivity contribution >= 4 is 39.1 Å². The lowest BCUT2D eigenvalue weighted by Crippen LogP contribution is -2.53. The smallest absolute Gasteiger partial charge is 0.354 e. The summed E-state index contributed by atoms with van der Waals surface area (Å²) in [6.45, 7) is 3.08. The number of hydrogen-bond acceptors (Lipinski definition) is 4. The Kier molecular flexibility index (Phi) is 12.3. The number of nitrogens with one attached hydrogen (secondary N) is 1. The summed E-state index contributed by atoms with van der Waals surface area (Å²) in [4.78, 5) is 29.3. The molecule has 0 aliphatic rings. The molecule has 48 heavy (non-hydrogen) atoms. The monoisotopic (exact) mass is 699 g/mol. The van der Waals surface area contributed by atoms with Crippen LogP contribution in [0.2, 0.25) is 5.02 Å². The third-order valence-corrected chi connectivity index (χ3v) is 9.72. The normalized spacial score (nSPS) is 12.3. The number of hydrogen-bond donors (Lipinski definition) is 1. The number of benzene rings is 4. The first-order chi connectivity index (χ1) is 22.8. The summed E-state index contributed by atoms with van der Waals surface area (Å²) in [5.41, 5.74) is 0.653. The van der Waals surface area contributed by atoms with E-state index in [4.69, 9.17) is 11.6 Å². The topological polar surface area (TPSA) is 86.8 Å². The minimum Gasteiger partial charge on any atom is -0.354 e. The highest BCUT2D eigenvalue weighted by Gasteiger charge is 2.36. The van der Waals surface area contributed by atoms with Gasteiger partial charge in [0.05, 0.1) is 16.1 Å². The molecule has 1 N–H and O–H groups in total. The van der Waals surface area contributed by atoms with Crippen LogP contribution in [0, 0.1) is 6.92 Å². The maximum atomic E-state index is 14.5. The van der Waals surface area contributed by atoms with Crippen LogP contribution in [0.5, 0.6) is 0 Å². The van der Waals surface area contributed by atoms with Crippen LogP contribution in [0.15, 0.2) is 108 Å². The van der Waals surface area contributed by atoms with Gasteiger partial charge in [0.15, 0.2) is 0 Å². The Hall–Kier alpha value is -4.35. The summed E-state index contributed by atoms with van der Waals surface area (Å²) in [5.74, 6) is -1.25. The van der Waals surface area contributed by atoms with E-state index in [1.807, 2.05) is 25.1 Å². The van der Waals surface area contributed by atoms with E-state index in [2.05, 4.69) is 5.32 Å². The average molecular weight is 700 g/mol. The molecule has 4 aromatic rings. The van der Waals surface area contributed by atoms with Gasteiger partial charge in [-0.3, -0.25) is 13.9 Å². The van der Waals surface area contributed by atoms with Gasteiger partial charge in [-0.1, -0.05) is 91.2 Å².